The summed E-state index contributed by atoms with van der Waals surface area (Å²) in [6, 6.07) is 10.7. The molecule has 0 fully saturated rings. The molecule has 0 unspecified atom stereocenters. The van der Waals surface area contributed by atoms with E-state index < -0.39 is 0 Å². The summed E-state index contributed by atoms with van der Waals surface area (Å²) in [5.74, 6) is 1.22. The molecule has 2 aromatic carbocycles. The van der Waals surface area contributed by atoms with Crippen LogP contribution in [-0.2, 0) is 0 Å². The fraction of sp³-hybridized carbons (Fsp3) is 0.0769. The first-order valence-electron chi connectivity index (χ1n) is 5.06. The van der Waals surface area contributed by atoms with E-state index in [4.69, 9.17) is 33.7 Å². The Hall–Kier alpha value is -1.38. The highest BCUT2D eigenvalue weighted by molar-refractivity contribution is 6.33. The average molecular weight is 268 g/mol. The van der Waals surface area contributed by atoms with Gasteiger partial charge in [-0.05, 0) is 42.8 Å². The zero-order valence-corrected chi connectivity index (χ0v) is 10.7. The number of benzene rings is 2. The highest BCUT2D eigenvalue weighted by atomic mass is 35.5. The molecule has 88 valence electrons. The maximum atomic E-state index is 5.94. The Morgan fingerprint density at radius 3 is 2.53 bits per heavy atom. The Kier molecular flexibility index (Phi) is 3.46. The van der Waals surface area contributed by atoms with Crippen molar-refractivity contribution in [3.8, 4) is 11.5 Å². The van der Waals surface area contributed by atoms with E-state index in [0.717, 1.165) is 5.56 Å². The van der Waals surface area contributed by atoms with Crippen LogP contribution in [0.1, 0.15) is 5.56 Å². The third kappa shape index (κ3) is 2.65. The molecule has 2 rings (SSSR count). The minimum atomic E-state index is 0.432. The number of para-hydroxylation sites is 1. The minimum absolute atomic E-state index is 0.432. The second-order valence-corrected chi connectivity index (χ2v) is 4.48. The molecular formula is C13H11Cl2NO. The Balaban J connectivity index is 2.31. The SMILES string of the molecule is Cc1cc(Oc2cccc(Cl)c2N)ccc1Cl. The summed E-state index contributed by atoms with van der Waals surface area (Å²) >= 11 is 11.8. The van der Waals surface area contributed by atoms with Crippen molar-refractivity contribution in [2.24, 2.45) is 0 Å². The van der Waals surface area contributed by atoms with Crippen molar-refractivity contribution in [1.82, 2.24) is 0 Å². The first-order valence-corrected chi connectivity index (χ1v) is 5.81. The molecular weight excluding hydrogens is 257 g/mol. The molecule has 17 heavy (non-hydrogen) atoms. The molecule has 0 aliphatic rings. The molecule has 2 nitrogen and oxygen atoms in total. The van der Waals surface area contributed by atoms with Crippen LogP contribution < -0.4 is 10.5 Å². The van der Waals surface area contributed by atoms with E-state index in [9.17, 15) is 0 Å². The lowest BCUT2D eigenvalue weighted by Gasteiger charge is -2.10. The molecule has 0 radical (unpaired) electrons. The van der Waals surface area contributed by atoms with Gasteiger partial charge in [0.1, 0.15) is 5.75 Å². The summed E-state index contributed by atoms with van der Waals surface area (Å²) in [7, 11) is 0. The Bertz CT molecular complexity index is 555. The molecule has 4 heteroatoms. The second kappa shape index (κ2) is 4.86. The summed E-state index contributed by atoms with van der Waals surface area (Å²) in [4.78, 5) is 0. The van der Waals surface area contributed by atoms with Crippen molar-refractivity contribution in [3.63, 3.8) is 0 Å². The number of hydrogen-bond acceptors (Lipinski definition) is 2. The minimum Gasteiger partial charge on any atom is -0.455 e. The second-order valence-electron chi connectivity index (χ2n) is 3.66. The fourth-order valence-corrected chi connectivity index (χ4v) is 1.70. The summed E-state index contributed by atoms with van der Waals surface area (Å²) < 4.78 is 5.66. The van der Waals surface area contributed by atoms with Crippen molar-refractivity contribution < 1.29 is 4.74 Å². The van der Waals surface area contributed by atoms with E-state index in [1.165, 1.54) is 0 Å². The lowest BCUT2D eigenvalue weighted by atomic mass is 10.2. The van der Waals surface area contributed by atoms with Gasteiger partial charge in [-0.2, -0.15) is 0 Å². The number of hydrogen-bond donors (Lipinski definition) is 1. The molecule has 0 aliphatic heterocycles. The molecule has 0 spiro atoms. The summed E-state index contributed by atoms with van der Waals surface area (Å²) in [5, 5.41) is 1.18. The first-order chi connectivity index (χ1) is 8.08. The zero-order valence-electron chi connectivity index (χ0n) is 9.21. The molecule has 0 heterocycles. The quantitative estimate of drug-likeness (QED) is 0.803. The van der Waals surface area contributed by atoms with Crippen LogP contribution in [0.15, 0.2) is 36.4 Å². The number of aryl methyl sites for hydroxylation is 1. The van der Waals surface area contributed by atoms with Gasteiger partial charge in [0, 0.05) is 5.02 Å². The number of nitrogen functional groups attached to an aromatic ring is 1. The van der Waals surface area contributed by atoms with Crippen LogP contribution in [-0.4, -0.2) is 0 Å². The van der Waals surface area contributed by atoms with E-state index in [2.05, 4.69) is 0 Å². The van der Waals surface area contributed by atoms with Crippen molar-refractivity contribution >= 4 is 28.9 Å². The molecule has 2 aromatic rings. The van der Waals surface area contributed by atoms with E-state index >= 15 is 0 Å². The zero-order chi connectivity index (χ0) is 12.4. The van der Waals surface area contributed by atoms with Gasteiger partial charge in [-0.1, -0.05) is 29.3 Å². The van der Waals surface area contributed by atoms with Crippen LogP contribution in [0.5, 0.6) is 11.5 Å². The topological polar surface area (TPSA) is 35.2 Å². The Morgan fingerprint density at radius 2 is 1.82 bits per heavy atom. The van der Waals surface area contributed by atoms with Crippen LogP contribution in [0, 0.1) is 6.92 Å². The molecule has 0 aliphatic carbocycles. The van der Waals surface area contributed by atoms with Crippen molar-refractivity contribution in [3.05, 3.63) is 52.0 Å². The molecule has 0 bridgehead atoms. The normalized spacial score (nSPS) is 10.3. The summed E-state index contributed by atoms with van der Waals surface area (Å²) in [5.41, 5.74) is 7.20. The predicted octanol–water partition coefficient (Wildman–Crippen LogP) is 4.68. The van der Waals surface area contributed by atoms with E-state index in [0.29, 0.717) is 27.2 Å². The van der Waals surface area contributed by atoms with Gasteiger partial charge in [0.25, 0.3) is 0 Å². The van der Waals surface area contributed by atoms with Gasteiger partial charge in [0.15, 0.2) is 5.75 Å². The van der Waals surface area contributed by atoms with Crippen molar-refractivity contribution in [2.45, 2.75) is 6.92 Å². The van der Waals surface area contributed by atoms with Crippen LogP contribution >= 0.6 is 23.2 Å². The number of ether oxygens (including phenoxy) is 1. The van der Waals surface area contributed by atoms with E-state index in [-0.39, 0.29) is 0 Å². The Morgan fingerprint density at radius 1 is 1.06 bits per heavy atom. The van der Waals surface area contributed by atoms with Crippen LogP contribution in [0.25, 0.3) is 0 Å². The predicted molar refractivity (Wildman–Crippen MR) is 72.1 cm³/mol. The van der Waals surface area contributed by atoms with Gasteiger partial charge >= 0.3 is 0 Å². The van der Waals surface area contributed by atoms with Crippen LogP contribution in [0.2, 0.25) is 10.0 Å². The van der Waals surface area contributed by atoms with Crippen molar-refractivity contribution in [1.29, 1.82) is 0 Å². The van der Waals surface area contributed by atoms with E-state index in [1.54, 1.807) is 30.3 Å². The van der Waals surface area contributed by atoms with Gasteiger partial charge in [-0.3, -0.25) is 0 Å². The standard InChI is InChI=1S/C13H11Cl2NO/c1-8-7-9(5-6-10(8)14)17-12-4-2-3-11(15)13(12)16/h2-7H,16H2,1H3. The number of anilines is 1. The third-order valence-electron chi connectivity index (χ3n) is 2.37. The van der Waals surface area contributed by atoms with Gasteiger partial charge in [-0.25, -0.2) is 0 Å². The molecule has 0 aromatic heterocycles. The van der Waals surface area contributed by atoms with Gasteiger partial charge in [0.2, 0.25) is 0 Å². The molecule has 0 saturated carbocycles. The Labute approximate surface area is 110 Å². The lowest BCUT2D eigenvalue weighted by molar-refractivity contribution is 0.484. The highest BCUT2D eigenvalue weighted by Gasteiger charge is 2.06. The summed E-state index contributed by atoms with van der Waals surface area (Å²) in [6.07, 6.45) is 0. The van der Waals surface area contributed by atoms with Crippen LogP contribution in [0.4, 0.5) is 5.69 Å². The smallest absolute Gasteiger partial charge is 0.151 e. The summed E-state index contributed by atoms with van der Waals surface area (Å²) in [6.45, 7) is 1.91. The maximum Gasteiger partial charge on any atom is 0.151 e. The van der Waals surface area contributed by atoms with Crippen LogP contribution in [0.3, 0.4) is 0 Å². The monoisotopic (exact) mass is 267 g/mol. The van der Waals surface area contributed by atoms with E-state index in [1.807, 2.05) is 13.0 Å². The van der Waals surface area contributed by atoms with Crippen molar-refractivity contribution in [2.75, 3.05) is 5.73 Å². The number of rotatable bonds is 2. The van der Waals surface area contributed by atoms with Gasteiger partial charge < -0.3 is 10.5 Å². The lowest BCUT2D eigenvalue weighted by Crippen LogP contribution is -1.93. The number of nitrogens with two attached hydrogens (primary N) is 1. The number of halogens is 2. The highest BCUT2D eigenvalue weighted by Crippen LogP contribution is 2.33. The molecule has 0 amide bonds. The average Bonchev–Trinajstić information content (AvgIpc) is 2.30. The molecule has 0 atom stereocenters. The molecule has 2 N–H and O–H groups in total. The third-order valence-corrected chi connectivity index (χ3v) is 3.12. The van der Waals surface area contributed by atoms with Gasteiger partial charge in [0.05, 0.1) is 10.7 Å². The maximum absolute atomic E-state index is 5.94. The molecule has 0 saturated heterocycles. The first kappa shape index (κ1) is 12.1. The van der Waals surface area contributed by atoms with Gasteiger partial charge in [-0.15, -0.1) is 0 Å². The largest absolute Gasteiger partial charge is 0.455 e. The fourth-order valence-electron chi connectivity index (χ4n) is 1.41.